The van der Waals surface area contributed by atoms with E-state index in [9.17, 15) is 4.79 Å². The van der Waals surface area contributed by atoms with E-state index in [4.69, 9.17) is 16.7 Å². The van der Waals surface area contributed by atoms with Crippen molar-refractivity contribution >= 4 is 39.8 Å². The fourth-order valence-corrected chi connectivity index (χ4v) is 3.23. The van der Waals surface area contributed by atoms with Crippen LogP contribution in [0.3, 0.4) is 0 Å². The standard InChI is InChI=1S/C14H10ClNO2S/c15-11-3-1-2-9-6-7-16(13(9)11)8-10-4-5-12(19-10)14(17)18/h1-7H,8H2,(H,17,18). The Bertz CT molecular complexity index is 760. The van der Waals surface area contributed by atoms with E-state index in [-0.39, 0.29) is 0 Å². The Balaban J connectivity index is 1.98. The van der Waals surface area contributed by atoms with Gasteiger partial charge in [-0.2, -0.15) is 0 Å². The highest BCUT2D eigenvalue weighted by Gasteiger charge is 2.09. The van der Waals surface area contributed by atoms with E-state index in [1.807, 2.05) is 41.1 Å². The van der Waals surface area contributed by atoms with Crippen molar-refractivity contribution in [1.29, 1.82) is 0 Å². The summed E-state index contributed by atoms with van der Waals surface area (Å²) < 4.78 is 2.04. The molecular weight excluding hydrogens is 282 g/mol. The maximum absolute atomic E-state index is 10.9. The zero-order valence-electron chi connectivity index (χ0n) is 9.84. The summed E-state index contributed by atoms with van der Waals surface area (Å²) in [6, 6.07) is 11.3. The average Bonchev–Trinajstić information content (AvgIpc) is 2.98. The first kappa shape index (κ1) is 12.3. The highest BCUT2D eigenvalue weighted by atomic mass is 35.5. The molecule has 0 aliphatic rings. The van der Waals surface area contributed by atoms with Crippen LogP contribution in [0.25, 0.3) is 10.9 Å². The molecule has 96 valence electrons. The molecule has 0 saturated carbocycles. The van der Waals surface area contributed by atoms with Gasteiger partial charge in [0.25, 0.3) is 0 Å². The Hall–Kier alpha value is -1.78. The van der Waals surface area contributed by atoms with Crippen LogP contribution >= 0.6 is 22.9 Å². The topological polar surface area (TPSA) is 42.2 Å². The lowest BCUT2D eigenvalue weighted by Gasteiger charge is -2.04. The summed E-state index contributed by atoms with van der Waals surface area (Å²) in [5.74, 6) is -0.883. The molecule has 2 aromatic heterocycles. The van der Waals surface area contributed by atoms with Crippen LogP contribution in [-0.2, 0) is 6.54 Å². The number of hydrogen-bond acceptors (Lipinski definition) is 2. The Labute approximate surface area is 118 Å². The Morgan fingerprint density at radius 3 is 2.84 bits per heavy atom. The van der Waals surface area contributed by atoms with Crippen LogP contribution in [0.4, 0.5) is 0 Å². The second kappa shape index (κ2) is 4.72. The molecule has 1 N–H and O–H groups in total. The lowest BCUT2D eigenvalue weighted by atomic mass is 10.2. The van der Waals surface area contributed by atoms with Crippen molar-refractivity contribution in [3.05, 3.63) is 57.4 Å². The van der Waals surface area contributed by atoms with Crippen molar-refractivity contribution in [2.45, 2.75) is 6.54 Å². The van der Waals surface area contributed by atoms with E-state index < -0.39 is 5.97 Å². The van der Waals surface area contributed by atoms with Gasteiger partial charge in [-0.25, -0.2) is 4.79 Å². The number of aromatic carboxylic acids is 1. The van der Waals surface area contributed by atoms with Gasteiger partial charge >= 0.3 is 5.97 Å². The van der Waals surface area contributed by atoms with E-state index in [2.05, 4.69) is 0 Å². The molecule has 0 aliphatic carbocycles. The molecular formula is C14H10ClNO2S. The number of fused-ring (bicyclic) bond motifs is 1. The van der Waals surface area contributed by atoms with Crippen molar-refractivity contribution in [3.8, 4) is 0 Å². The molecule has 3 rings (SSSR count). The van der Waals surface area contributed by atoms with Crippen LogP contribution < -0.4 is 0 Å². The summed E-state index contributed by atoms with van der Waals surface area (Å²) in [6.07, 6.45) is 1.97. The number of nitrogens with zero attached hydrogens (tertiary/aromatic N) is 1. The molecule has 0 unspecified atom stereocenters. The highest BCUT2D eigenvalue weighted by molar-refractivity contribution is 7.13. The summed E-state index contributed by atoms with van der Waals surface area (Å²) in [5.41, 5.74) is 0.981. The molecule has 0 fully saturated rings. The second-order valence-electron chi connectivity index (χ2n) is 4.19. The minimum Gasteiger partial charge on any atom is -0.477 e. The van der Waals surface area contributed by atoms with Crippen molar-refractivity contribution in [3.63, 3.8) is 0 Å². The largest absolute Gasteiger partial charge is 0.477 e. The summed E-state index contributed by atoms with van der Waals surface area (Å²) >= 11 is 7.50. The van der Waals surface area contributed by atoms with E-state index in [0.29, 0.717) is 16.4 Å². The number of hydrogen-bond donors (Lipinski definition) is 1. The number of aromatic nitrogens is 1. The molecule has 0 saturated heterocycles. The van der Waals surface area contributed by atoms with E-state index in [1.165, 1.54) is 11.3 Å². The van der Waals surface area contributed by atoms with Crippen LogP contribution in [0.1, 0.15) is 14.5 Å². The Morgan fingerprint density at radius 1 is 1.26 bits per heavy atom. The van der Waals surface area contributed by atoms with Crippen LogP contribution in [0.5, 0.6) is 0 Å². The van der Waals surface area contributed by atoms with Crippen LogP contribution in [0, 0.1) is 0 Å². The quantitative estimate of drug-likeness (QED) is 0.789. The van der Waals surface area contributed by atoms with Gasteiger partial charge in [0.15, 0.2) is 0 Å². The number of carboxylic acids is 1. The number of para-hydroxylation sites is 1. The Morgan fingerprint density at radius 2 is 2.11 bits per heavy atom. The third-order valence-corrected chi connectivity index (χ3v) is 4.30. The molecule has 1 aromatic carbocycles. The van der Waals surface area contributed by atoms with Crippen LogP contribution in [-0.4, -0.2) is 15.6 Å². The molecule has 0 spiro atoms. The smallest absolute Gasteiger partial charge is 0.345 e. The van der Waals surface area contributed by atoms with Gasteiger partial charge in [-0.3, -0.25) is 0 Å². The van der Waals surface area contributed by atoms with Gasteiger partial charge in [-0.05, 0) is 24.3 Å². The minimum atomic E-state index is -0.883. The molecule has 0 radical (unpaired) electrons. The number of rotatable bonds is 3. The van der Waals surface area contributed by atoms with Gasteiger partial charge in [0.05, 0.1) is 17.1 Å². The maximum atomic E-state index is 10.9. The number of carboxylic acid groups (broad SMARTS) is 1. The van der Waals surface area contributed by atoms with E-state index in [1.54, 1.807) is 6.07 Å². The third-order valence-electron chi connectivity index (χ3n) is 2.94. The summed E-state index contributed by atoms with van der Waals surface area (Å²) in [4.78, 5) is 12.2. The lowest BCUT2D eigenvalue weighted by molar-refractivity contribution is 0.0702. The van der Waals surface area contributed by atoms with E-state index >= 15 is 0 Å². The monoisotopic (exact) mass is 291 g/mol. The predicted octanol–water partition coefficient (Wildman–Crippen LogP) is 4.10. The van der Waals surface area contributed by atoms with E-state index in [0.717, 1.165) is 15.8 Å². The second-order valence-corrected chi connectivity index (χ2v) is 5.77. The molecule has 0 amide bonds. The van der Waals surface area contributed by atoms with Crippen LogP contribution in [0.2, 0.25) is 5.02 Å². The SMILES string of the molecule is O=C(O)c1ccc(Cn2ccc3cccc(Cl)c32)s1. The van der Waals surface area contributed by atoms with Crippen molar-refractivity contribution < 1.29 is 9.90 Å². The number of halogens is 1. The first-order chi connectivity index (χ1) is 9.15. The average molecular weight is 292 g/mol. The summed E-state index contributed by atoms with van der Waals surface area (Å²) in [6.45, 7) is 0.630. The van der Waals surface area contributed by atoms with Gasteiger partial charge in [-0.1, -0.05) is 23.7 Å². The zero-order chi connectivity index (χ0) is 13.4. The van der Waals surface area contributed by atoms with Gasteiger partial charge in [0.2, 0.25) is 0 Å². The predicted molar refractivity (Wildman–Crippen MR) is 77.3 cm³/mol. The van der Waals surface area contributed by atoms with Gasteiger partial charge in [-0.15, -0.1) is 11.3 Å². The van der Waals surface area contributed by atoms with Crippen molar-refractivity contribution in [2.75, 3.05) is 0 Å². The summed E-state index contributed by atoms with van der Waals surface area (Å²) in [7, 11) is 0. The molecule has 0 aliphatic heterocycles. The molecule has 0 bridgehead atoms. The van der Waals surface area contributed by atoms with Crippen molar-refractivity contribution in [1.82, 2.24) is 4.57 Å². The summed E-state index contributed by atoms with van der Waals surface area (Å²) in [5, 5.41) is 10.7. The fraction of sp³-hybridized carbons (Fsp3) is 0.0714. The fourth-order valence-electron chi connectivity index (χ4n) is 2.09. The van der Waals surface area contributed by atoms with Crippen LogP contribution in [0.15, 0.2) is 42.6 Å². The zero-order valence-corrected chi connectivity index (χ0v) is 11.4. The first-order valence-corrected chi connectivity index (χ1v) is 6.90. The molecule has 3 nitrogen and oxygen atoms in total. The third kappa shape index (κ3) is 2.25. The number of thiophene rings is 1. The normalized spacial score (nSPS) is 11.0. The maximum Gasteiger partial charge on any atom is 0.345 e. The number of carbonyl (C=O) groups is 1. The van der Waals surface area contributed by atoms with Gasteiger partial charge in [0, 0.05) is 16.5 Å². The molecule has 19 heavy (non-hydrogen) atoms. The Kier molecular flexibility index (Phi) is 3.05. The molecule has 0 atom stereocenters. The molecule has 5 heteroatoms. The first-order valence-electron chi connectivity index (χ1n) is 5.70. The number of benzene rings is 1. The highest BCUT2D eigenvalue weighted by Crippen LogP contribution is 2.26. The van der Waals surface area contributed by atoms with Gasteiger partial charge < -0.3 is 9.67 Å². The van der Waals surface area contributed by atoms with Crippen molar-refractivity contribution in [2.24, 2.45) is 0 Å². The van der Waals surface area contributed by atoms with Gasteiger partial charge in [0.1, 0.15) is 4.88 Å². The lowest BCUT2D eigenvalue weighted by Crippen LogP contribution is -1.96. The minimum absolute atomic E-state index is 0.359. The molecule has 3 aromatic rings. The molecule has 2 heterocycles.